The van der Waals surface area contributed by atoms with Crippen molar-refractivity contribution in [2.24, 2.45) is 4.99 Å². The number of para-hydroxylation sites is 1. The van der Waals surface area contributed by atoms with E-state index in [4.69, 9.17) is 16.0 Å². The summed E-state index contributed by atoms with van der Waals surface area (Å²) in [4.78, 5) is 8.46. The monoisotopic (exact) mass is 376 g/mol. The average molecular weight is 378 g/mol. The number of hydrogen-bond donors (Lipinski definition) is 1. The molecule has 4 nitrogen and oxygen atoms in total. The summed E-state index contributed by atoms with van der Waals surface area (Å²) in [5, 5.41) is 10.4. The Hall–Kier alpha value is -2.11. The van der Waals surface area contributed by atoms with Crippen LogP contribution in [0.1, 0.15) is 5.69 Å². The van der Waals surface area contributed by atoms with Gasteiger partial charge in [0.1, 0.15) is 0 Å². The predicted molar refractivity (Wildman–Crippen MR) is 90.0 cm³/mol. The van der Waals surface area contributed by atoms with Gasteiger partial charge in [-0.15, -0.1) is 0 Å². The summed E-state index contributed by atoms with van der Waals surface area (Å²) in [6.45, 7) is 0. The van der Waals surface area contributed by atoms with Crippen molar-refractivity contribution in [3.8, 4) is 17.4 Å². The molecule has 2 aromatic carbocycles. The van der Waals surface area contributed by atoms with E-state index in [1.165, 1.54) is 6.21 Å². The van der Waals surface area contributed by atoms with Gasteiger partial charge in [0, 0.05) is 4.47 Å². The van der Waals surface area contributed by atoms with E-state index in [9.17, 15) is 5.11 Å². The molecule has 0 atom stereocenters. The Morgan fingerprint density at radius 3 is 2.64 bits per heavy atom. The van der Waals surface area contributed by atoms with Crippen molar-refractivity contribution in [3.63, 3.8) is 0 Å². The van der Waals surface area contributed by atoms with Crippen molar-refractivity contribution in [1.29, 1.82) is 0 Å². The molecule has 3 aromatic rings. The number of aromatic hydroxyl groups is 1. The number of nitrogens with zero attached hydrogens (tertiary/aromatic N) is 2. The van der Waals surface area contributed by atoms with Gasteiger partial charge in [0.25, 0.3) is 0 Å². The molecule has 1 N–H and O–H groups in total. The van der Waals surface area contributed by atoms with Crippen LogP contribution < -0.4 is 0 Å². The van der Waals surface area contributed by atoms with Crippen molar-refractivity contribution in [2.75, 3.05) is 0 Å². The zero-order valence-electron chi connectivity index (χ0n) is 11.2. The quantitative estimate of drug-likeness (QED) is 0.637. The molecule has 3 rings (SSSR count). The number of oxazole rings is 1. The number of aliphatic imine (C=N–C) groups is 1. The molecule has 1 heterocycles. The molecular weight excluding hydrogens is 368 g/mol. The maximum absolute atomic E-state index is 9.86. The van der Waals surface area contributed by atoms with Gasteiger partial charge in [0.15, 0.2) is 5.69 Å². The topological polar surface area (TPSA) is 58.6 Å². The van der Waals surface area contributed by atoms with Crippen LogP contribution >= 0.6 is 27.5 Å². The number of halogens is 2. The van der Waals surface area contributed by atoms with Gasteiger partial charge in [-0.3, -0.25) is 4.99 Å². The van der Waals surface area contributed by atoms with Crippen molar-refractivity contribution in [2.45, 2.75) is 0 Å². The van der Waals surface area contributed by atoms with Gasteiger partial charge in [0.05, 0.1) is 22.5 Å². The number of rotatable bonds is 3. The van der Waals surface area contributed by atoms with E-state index in [1.807, 2.05) is 36.4 Å². The van der Waals surface area contributed by atoms with E-state index < -0.39 is 0 Å². The lowest BCUT2D eigenvalue weighted by molar-refractivity contribution is 0.337. The highest BCUT2D eigenvalue weighted by molar-refractivity contribution is 9.10. The summed E-state index contributed by atoms with van der Waals surface area (Å²) in [7, 11) is 0. The van der Waals surface area contributed by atoms with Gasteiger partial charge < -0.3 is 9.52 Å². The first-order valence-corrected chi connectivity index (χ1v) is 7.55. The molecular formula is C16H10BrClN2O2. The second-order valence-corrected chi connectivity index (χ2v) is 5.66. The van der Waals surface area contributed by atoms with E-state index in [0.29, 0.717) is 16.6 Å². The summed E-state index contributed by atoms with van der Waals surface area (Å²) in [6, 6.07) is 14.6. The van der Waals surface area contributed by atoms with Crippen LogP contribution in [-0.2, 0) is 0 Å². The smallest absolute Gasteiger partial charge is 0.312 e. The predicted octanol–water partition coefficient (Wildman–Crippen LogP) is 5.21. The van der Waals surface area contributed by atoms with Gasteiger partial charge in [-0.2, -0.15) is 0 Å². The molecule has 1 aromatic heterocycles. The van der Waals surface area contributed by atoms with Crippen LogP contribution in [0.5, 0.6) is 5.95 Å². The Bertz CT molecular complexity index is 846. The molecule has 110 valence electrons. The third kappa shape index (κ3) is 3.05. The SMILES string of the molecule is Oc1oc(-c2ccccc2Br)nc1C=Nc1ccccc1Cl. The summed E-state index contributed by atoms with van der Waals surface area (Å²) in [5.74, 6) is 0.0205. The van der Waals surface area contributed by atoms with Gasteiger partial charge in [-0.1, -0.05) is 35.9 Å². The standard InChI is InChI=1S/C16H10BrClN2O2/c17-11-6-2-1-5-10(11)15-20-14(16(21)22-15)9-19-13-8-4-3-7-12(13)18/h1-9,21H. The second kappa shape index (κ2) is 6.34. The zero-order chi connectivity index (χ0) is 15.5. The number of aromatic nitrogens is 1. The fourth-order valence-electron chi connectivity index (χ4n) is 1.84. The lowest BCUT2D eigenvalue weighted by Gasteiger charge is -1.97. The lowest BCUT2D eigenvalue weighted by atomic mass is 10.2. The van der Waals surface area contributed by atoms with Crippen molar-refractivity contribution in [1.82, 2.24) is 4.98 Å². The Kier molecular flexibility index (Phi) is 4.27. The Balaban J connectivity index is 1.94. The molecule has 0 amide bonds. The van der Waals surface area contributed by atoms with Gasteiger partial charge in [-0.25, -0.2) is 4.98 Å². The van der Waals surface area contributed by atoms with Crippen LogP contribution in [0, 0.1) is 0 Å². The van der Waals surface area contributed by atoms with Gasteiger partial charge in [0.2, 0.25) is 5.89 Å². The molecule has 0 aliphatic carbocycles. The van der Waals surface area contributed by atoms with E-state index in [2.05, 4.69) is 25.9 Å². The first kappa shape index (κ1) is 14.8. The molecule has 0 radical (unpaired) electrons. The highest BCUT2D eigenvalue weighted by Gasteiger charge is 2.14. The third-order valence-corrected chi connectivity index (χ3v) is 3.93. The van der Waals surface area contributed by atoms with E-state index in [0.717, 1.165) is 10.0 Å². The van der Waals surface area contributed by atoms with Gasteiger partial charge >= 0.3 is 5.95 Å². The Labute approximate surface area is 140 Å². The zero-order valence-corrected chi connectivity index (χ0v) is 13.5. The van der Waals surface area contributed by atoms with Gasteiger partial charge in [-0.05, 0) is 40.2 Å². The lowest BCUT2D eigenvalue weighted by Crippen LogP contribution is -1.83. The van der Waals surface area contributed by atoms with Crippen LogP contribution in [0.3, 0.4) is 0 Å². The first-order valence-electron chi connectivity index (χ1n) is 6.38. The van der Waals surface area contributed by atoms with Crippen molar-refractivity contribution < 1.29 is 9.52 Å². The molecule has 0 saturated heterocycles. The summed E-state index contributed by atoms with van der Waals surface area (Å²) >= 11 is 9.45. The Morgan fingerprint density at radius 2 is 1.86 bits per heavy atom. The van der Waals surface area contributed by atoms with E-state index in [1.54, 1.807) is 12.1 Å². The molecule has 22 heavy (non-hydrogen) atoms. The normalized spacial score (nSPS) is 11.2. The summed E-state index contributed by atoms with van der Waals surface area (Å²) in [5.41, 5.74) is 1.58. The molecule has 6 heteroatoms. The van der Waals surface area contributed by atoms with E-state index >= 15 is 0 Å². The Morgan fingerprint density at radius 1 is 1.14 bits per heavy atom. The minimum Gasteiger partial charge on any atom is -0.479 e. The highest BCUT2D eigenvalue weighted by atomic mass is 79.9. The number of benzene rings is 2. The van der Waals surface area contributed by atoms with Crippen LogP contribution in [0.4, 0.5) is 5.69 Å². The van der Waals surface area contributed by atoms with Crippen LogP contribution in [0.25, 0.3) is 11.5 Å². The van der Waals surface area contributed by atoms with Crippen LogP contribution in [0.15, 0.2) is 62.4 Å². The minimum atomic E-state index is -0.290. The van der Waals surface area contributed by atoms with Crippen LogP contribution in [0.2, 0.25) is 5.02 Å². The van der Waals surface area contributed by atoms with Crippen molar-refractivity contribution >= 4 is 39.4 Å². The molecule has 0 unspecified atom stereocenters. The summed E-state index contributed by atoms with van der Waals surface area (Å²) in [6.07, 6.45) is 1.42. The average Bonchev–Trinajstić information content (AvgIpc) is 2.88. The fraction of sp³-hybridized carbons (Fsp3) is 0. The highest BCUT2D eigenvalue weighted by Crippen LogP contribution is 2.31. The molecule has 0 aliphatic rings. The molecule has 0 bridgehead atoms. The maximum Gasteiger partial charge on any atom is 0.312 e. The third-order valence-electron chi connectivity index (χ3n) is 2.92. The molecule has 0 aliphatic heterocycles. The summed E-state index contributed by atoms with van der Waals surface area (Å²) < 4.78 is 6.12. The molecule has 0 saturated carbocycles. The maximum atomic E-state index is 9.86. The van der Waals surface area contributed by atoms with Crippen LogP contribution in [-0.4, -0.2) is 16.3 Å². The van der Waals surface area contributed by atoms with Crippen molar-refractivity contribution in [3.05, 3.63) is 63.7 Å². The molecule has 0 spiro atoms. The fourth-order valence-corrected chi connectivity index (χ4v) is 2.48. The van der Waals surface area contributed by atoms with E-state index in [-0.39, 0.29) is 11.6 Å². The minimum absolute atomic E-state index is 0.241. The first-order chi connectivity index (χ1) is 10.6. The number of hydrogen-bond acceptors (Lipinski definition) is 4. The second-order valence-electron chi connectivity index (χ2n) is 4.40. The largest absolute Gasteiger partial charge is 0.479 e. The molecule has 0 fully saturated rings.